The third kappa shape index (κ3) is 5.69. The predicted molar refractivity (Wildman–Crippen MR) is 66.8 cm³/mol. The van der Waals surface area contributed by atoms with Crippen LogP contribution in [-0.2, 0) is 0 Å². The lowest BCUT2D eigenvalue weighted by atomic mass is 10.1. The zero-order chi connectivity index (χ0) is 10.1. The van der Waals surface area contributed by atoms with Gasteiger partial charge in [-0.15, -0.1) is 11.8 Å². The van der Waals surface area contributed by atoms with Gasteiger partial charge in [-0.2, -0.15) is 0 Å². The molecule has 0 fully saturated rings. The molecule has 0 unspecified atom stereocenters. The highest BCUT2D eigenvalue weighted by atomic mass is 32.2. The van der Waals surface area contributed by atoms with Crippen molar-refractivity contribution in [3.8, 4) is 0 Å². The Morgan fingerprint density at radius 3 is 2.50 bits per heavy atom. The highest BCUT2D eigenvalue weighted by Gasteiger charge is 2.05. The summed E-state index contributed by atoms with van der Waals surface area (Å²) < 4.78 is 0. The summed E-state index contributed by atoms with van der Waals surface area (Å²) >= 11 is 1.84. The number of nitrogens with zero attached hydrogens (tertiary/aromatic N) is 1. The van der Waals surface area contributed by atoms with Crippen LogP contribution in [0.1, 0.15) is 58.3 Å². The first kappa shape index (κ1) is 12.1. The van der Waals surface area contributed by atoms with Crippen LogP contribution >= 0.6 is 11.8 Å². The summed E-state index contributed by atoms with van der Waals surface area (Å²) in [7, 11) is 0. The van der Waals surface area contributed by atoms with Crippen LogP contribution in [0.4, 0.5) is 0 Å². The molecule has 1 aliphatic rings. The molecule has 0 bridgehead atoms. The summed E-state index contributed by atoms with van der Waals surface area (Å²) in [6, 6.07) is 0. The predicted octanol–water partition coefficient (Wildman–Crippen LogP) is 4.43. The lowest BCUT2D eigenvalue weighted by Crippen LogP contribution is -1.88. The molecule has 14 heavy (non-hydrogen) atoms. The van der Waals surface area contributed by atoms with Gasteiger partial charge in [-0.1, -0.05) is 45.4 Å². The van der Waals surface area contributed by atoms with Crippen molar-refractivity contribution in [2.24, 2.45) is 4.99 Å². The first-order valence-electron chi connectivity index (χ1n) is 5.95. The van der Waals surface area contributed by atoms with E-state index in [-0.39, 0.29) is 0 Å². The Labute approximate surface area is 92.8 Å². The van der Waals surface area contributed by atoms with Crippen molar-refractivity contribution in [2.75, 3.05) is 6.54 Å². The lowest BCUT2D eigenvalue weighted by molar-refractivity contribution is 0.596. The molecule has 0 saturated carbocycles. The summed E-state index contributed by atoms with van der Waals surface area (Å²) in [5.41, 5.74) is 0. The Morgan fingerprint density at radius 1 is 1.14 bits per heavy atom. The maximum atomic E-state index is 4.41. The highest BCUT2D eigenvalue weighted by molar-refractivity contribution is 8.15. The van der Waals surface area contributed by atoms with Crippen LogP contribution < -0.4 is 0 Å². The van der Waals surface area contributed by atoms with Crippen LogP contribution in [-0.4, -0.2) is 11.6 Å². The van der Waals surface area contributed by atoms with Gasteiger partial charge in [0, 0.05) is 5.75 Å². The van der Waals surface area contributed by atoms with Crippen molar-refractivity contribution in [3.63, 3.8) is 0 Å². The molecular formula is C12H22NS. The van der Waals surface area contributed by atoms with E-state index >= 15 is 0 Å². The van der Waals surface area contributed by atoms with Crippen molar-refractivity contribution in [3.05, 3.63) is 5.75 Å². The van der Waals surface area contributed by atoms with Gasteiger partial charge in [0.1, 0.15) is 0 Å². The maximum absolute atomic E-state index is 4.41. The number of aliphatic imine (C=N–C) groups is 1. The van der Waals surface area contributed by atoms with Crippen LogP contribution in [0.15, 0.2) is 4.99 Å². The van der Waals surface area contributed by atoms with E-state index in [2.05, 4.69) is 17.7 Å². The molecule has 1 aliphatic heterocycles. The minimum Gasteiger partial charge on any atom is -0.282 e. The summed E-state index contributed by atoms with van der Waals surface area (Å²) in [4.78, 5) is 4.41. The Balaban J connectivity index is 1.80. The van der Waals surface area contributed by atoms with Gasteiger partial charge >= 0.3 is 0 Å². The van der Waals surface area contributed by atoms with E-state index < -0.39 is 0 Å². The van der Waals surface area contributed by atoms with Crippen LogP contribution in [0.2, 0.25) is 0 Å². The topological polar surface area (TPSA) is 12.4 Å². The molecule has 0 spiro atoms. The molecule has 0 saturated heterocycles. The van der Waals surface area contributed by atoms with Gasteiger partial charge in [-0.05, 0) is 12.8 Å². The second-order valence-corrected chi connectivity index (χ2v) is 4.93. The third-order valence-electron chi connectivity index (χ3n) is 2.56. The number of unbranched alkanes of at least 4 members (excludes halogenated alkanes) is 6. The second kappa shape index (κ2) is 8.34. The molecule has 0 aliphatic carbocycles. The normalized spacial score (nSPS) is 15.9. The van der Waals surface area contributed by atoms with Gasteiger partial charge in [0.05, 0.1) is 11.6 Å². The fourth-order valence-electron chi connectivity index (χ4n) is 1.68. The standard InChI is InChI=1S/C12H22NS/c1-2-3-4-5-6-7-8-9-12-13-10-11-14-12/h11H,2-10H2,1H3. The van der Waals surface area contributed by atoms with Crippen molar-refractivity contribution in [1.29, 1.82) is 0 Å². The third-order valence-corrected chi connectivity index (χ3v) is 3.48. The molecule has 0 aromatic heterocycles. The van der Waals surface area contributed by atoms with Crippen LogP contribution in [0.5, 0.6) is 0 Å². The van der Waals surface area contributed by atoms with E-state index in [9.17, 15) is 0 Å². The van der Waals surface area contributed by atoms with Crippen molar-refractivity contribution < 1.29 is 0 Å². The minimum atomic E-state index is 0.941. The lowest BCUT2D eigenvalue weighted by Gasteiger charge is -2.00. The molecular weight excluding hydrogens is 190 g/mol. The van der Waals surface area contributed by atoms with Crippen LogP contribution in [0, 0.1) is 5.75 Å². The molecule has 2 heteroatoms. The summed E-state index contributed by atoms with van der Waals surface area (Å²) in [6.07, 6.45) is 11.0. The molecule has 0 aromatic rings. The van der Waals surface area contributed by atoms with Gasteiger partial charge < -0.3 is 0 Å². The molecule has 0 amide bonds. The van der Waals surface area contributed by atoms with E-state index in [0.717, 1.165) is 6.54 Å². The first-order chi connectivity index (χ1) is 6.93. The Morgan fingerprint density at radius 2 is 1.86 bits per heavy atom. The van der Waals surface area contributed by atoms with E-state index in [1.54, 1.807) is 0 Å². The second-order valence-electron chi connectivity index (χ2n) is 3.89. The quantitative estimate of drug-likeness (QED) is 0.542. The molecule has 1 rings (SSSR count). The van der Waals surface area contributed by atoms with Gasteiger partial charge in [0.2, 0.25) is 0 Å². The van der Waals surface area contributed by atoms with E-state index in [0.29, 0.717) is 0 Å². The highest BCUT2D eigenvalue weighted by Crippen LogP contribution is 2.20. The number of hydrogen-bond donors (Lipinski definition) is 0. The SMILES string of the molecule is CCCCCCCCCC1=NC[CH]S1. The molecule has 1 heterocycles. The first-order valence-corrected chi connectivity index (χ1v) is 6.83. The van der Waals surface area contributed by atoms with Crippen molar-refractivity contribution in [2.45, 2.75) is 58.3 Å². The zero-order valence-electron chi connectivity index (χ0n) is 9.30. The molecule has 0 N–H and O–H groups in total. The summed E-state index contributed by atoms with van der Waals surface area (Å²) in [5, 5.41) is 1.36. The Kier molecular flexibility index (Phi) is 7.20. The van der Waals surface area contributed by atoms with Crippen LogP contribution in [0.25, 0.3) is 0 Å². The summed E-state index contributed by atoms with van der Waals surface area (Å²) in [5.74, 6) is 2.19. The molecule has 1 nitrogen and oxygen atoms in total. The molecule has 1 radical (unpaired) electrons. The fraction of sp³-hybridized carbons (Fsp3) is 0.833. The van der Waals surface area contributed by atoms with Crippen molar-refractivity contribution in [1.82, 2.24) is 0 Å². The number of hydrogen-bond acceptors (Lipinski definition) is 2. The van der Waals surface area contributed by atoms with E-state index in [1.165, 1.54) is 56.4 Å². The van der Waals surface area contributed by atoms with E-state index in [1.807, 2.05) is 11.8 Å². The van der Waals surface area contributed by atoms with Gasteiger partial charge in [0.25, 0.3) is 0 Å². The fourth-order valence-corrected chi connectivity index (χ4v) is 2.43. The molecule has 81 valence electrons. The number of thioether (sulfide) groups is 1. The Bertz CT molecular complexity index is 166. The average molecular weight is 212 g/mol. The molecule has 0 aromatic carbocycles. The van der Waals surface area contributed by atoms with E-state index in [4.69, 9.17) is 0 Å². The number of rotatable bonds is 8. The largest absolute Gasteiger partial charge is 0.282 e. The summed E-state index contributed by atoms with van der Waals surface area (Å²) in [6.45, 7) is 3.21. The average Bonchev–Trinajstić information content (AvgIpc) is 2.69. The van der Waals surface area contributed by atoms with Gasteiger partial charge in [-0.25, -0.2) is 0 Å². The zero-order valence-corrected chi connectivity index (χ0v) is 10.1. The monoisotopic (exact) mass is 212 g/mol. The van der Waals surface area contributed by atoms with Crippen molar-refractivity contribution >= 4 is 16.8 Å². The maximum Gasteiger partial charge on any atom is 0.0680 e. The molecule has 0 atom stereocenters. The minimum absolute atomic E-state index is 0.941. The van der Waals surface area contributed by atoms with Gasteiger partial charge in [0.15, 0.2) is 0 Å². The smallest absolute Gasteiger partial charge is 0.0680 e. The Hall–Kier alpha value is 0.0200. The van der Waals surface area contributed by atoms with Crippen LogP contribution in [0.3, 0.4) is 0 Å². The van der Waals surface area contributed by atoms with Gasteiger partial charge in [-0.3, -0.25) is 4.99 Å².